The van der Waals surface area contributed by atoms with Crippen molar-refractivity contribution in [3.05, 3.63) is 17.3 Å². The van der Waals surface area contributed by atoms with Gasteiger partial charge in [-0.3, -0.25) is 0 Å². The van der Waals surface area contributed by atoms with Gasteiger partial charge in [0, 0.05) is 31.0 Å². The number of nitrogens with zero attached hydrogens (tertiary/aromatic N) is 2. The number of hydrogen-bond donors (Lipinski definition) is 0. The topological polar surface area (TPSA) is 50.3 Å². The molecule has 0 saturated carbocycles. The molecule has 0 bridgehead atoms. The summed E-state index contributed by atoms with van der Waals surface area (Å²) in [6.07, 6.45) is 2.88. The standard InChI is InChI=1S/C11H15ClN2O2S2.Na/c1-11(7-18(2,15)16)5-14(6-11)10-9(12)8(17)3-4-13-10;/h3-4H,5-7H2,1-2H3,(H,13,17);/q;+1/p-1. The molecule has 0 unspecified atom stereocenters. The third kappa shape index (κ3) is 4.19. The zero-order valence-corrected chi connectivity index (χ0v) is 15.6. The summed E-state index contributed by atoms with van der Waals surface area (Å²) >= 11 is 11.2. The van der Waals surface area contributed by atoms with E-state index in [-0.39, 0.29) is 40.7 Å². The van der Waals surface area contributed by atoms with Crippen molar-refractivity contribution in [2.75, 3.05) is 30.0 Å². The Hall–Kier alpha value is 0.410. The van der Waals surface area contributed by atoms with Crippen LogP contribution in [0.15, 0.2) is 17.2 Å². The molecule has 0 radical (unpaired) electrons. The number of sulfone groups is 1. The smallest absolute Gasteiger partial charge is 0.778 e. The molecule has 4 nitrogen and oxygen atoms in total. The Morgan fingerprint density at radius 3 is 2.63 bits per heavy atom. The zero-order valence-electron chi connectivity index (χ0n) is 11.2. The van der Waals surface area contributed by atoms with Gasteiger partial charge in [0.15, 0.2) is 0 Å². The van der Waals surface area contributed by atoms with Crippen LogP contribution in [0.4, 0.5) is 5.82 Å². The molecular weight excluding hydrogens is 315 g/mol. The Morgan fingerprint density at radius 2 is 2.11 bits per heavy atom. The van der Waals surface area contributed by atoms with Crippen molar-refractivity contribution in [1.29, 1.82) is 0 Å². The summed E-state index contributed by atoms with van der Waals surface area (Å²) in [4.78, 5) is 6.73. The van der Waals surface area contributed by atoms with E-state index in [0.717, 1.165) is 0 Å². The van der Waals surface area contributed by atoms with Crippen LogP contribution in [0, 0.1) is 5.41 Å². The molecular formula is C11H14ClN2NaO2S2. The summed E-state index contributed by atoms with van der Waals surface area (Å²) < 4.78 is 22.7. The van der Waals surface area contributed by atoms with Crippen LogP contribution in [0.1, 0.15) is 6.92 Å². The SMILES string of the molecule is CC1(CS(C)(=O)=O)CN(c2nccc([S-])c2Cl)C1.[Na+]. The molecule has 0 aromatic carbocycles. The van der Waals surface area contributed by atoms with Crippen LogP contribution in [0.25, 0.3) is 0 Å². The van der Waals surface area contributed by atoms with E-state index in [4.69, 9.17) is 24.2 Å². The molecule has 0 N–H and O–H groups in total. The maximum atomic E-state index is 11.3. The first-order chi connectivity index (χ1) is 8.20. The van der Waals surface area contributed by atoms with Gasteiger partial charge >= 0.3 is 29.6 Å². The fraction of sp³-hybridized carbons (Fsp3) is 0.545. The van der Waals surface area contributed by atoms with Gasteiger partial charge in [-0.05, 0) is 0 Å². The molecule has 0 atom stereocenters. The molecule has 100 valence electrons. The largest absolute Gasteiger partial charge is 1.00 e. The van der Waals surface area contributed by atoms with Crippen molar-refractivity contribution in [1.82, 2.24) is 4.98 Å². The average Bonchev–Trinajstić information content (AvgIpc) is 2.16. The number of hydrogen-bond acceptors (Lipinski definition) is 5. The first-order valence-corrected chi connectivity index (χ1v) is 8.29. The van der Waals surface area contributed by atoms with Crippen molar-refractivity contribution in [3.8, 4) is 0 Å². The van der Waals surface area contributed by atoms with Gasteiger partial charge in [0.2, 0.25) is 0 Å². The Morgan fingerprint density at radius 1 is 1.53 bits per heavy atom. The van der Waals surface area contributed by atoms with Gasteiger partial charge in [-0.15, -0.1) is 0 Å². The summed E-state index contributed by atoms with van der Waals surface area (Å²) in [5.41, 5.74) is -0.226. The quantitative estimate of drug-likeness (QED) is 0.500. The molecule has 2 rings (SSSR count). The van der Waals surface area contributed by atoms with Crippen molar-refractivity contribution >= 4 is 39.9 Å². The fourth-order valence-corrected chi connectivity index (χ4v) is 4.22. The Balaban J connectivity index is 0.00000180. The van der Waals surface area contributed by atoms with Crippen molar-refractivity contribution in [3.63, 3.8) is 0 Å². The van der Waals surface area contributed by atoms with Gasteiger partial charge in [0.05, 0.1) is 10.8 Å². The second-order valence-electron chi connectivity index (χ2n) is 5.18. The molecule has 19 heavy (non-hydrogen) atoms. The van der Waals surface area contributed by atoms with Crippen LogP contribution in [0.3, 0.4) is 0 Å². The zero-order chi connectivity index (χ0) is 13.6. The predicted molar refractivity (Wildman–Crippen MR) is 74.9 cm³/mol. The summed E-state index contributed by atoms with van der Waals surface area (Å²) in [6.45, 7) is 3.22. The first-order valence-electron chi connectivity index (χ1n) is 5.44. The van der Waals surface area contributed by atoms with Crippen LogP contribution in [0.2, 0.25) is 5.02 Å². The van der Waals surface area contributed by atoms with E-state index in [0.29, 0.717) is 28.8 Å². The number of halogens is 1. The van der Waals surface area contributed by atoms with Crippen molar-refractivity contribution in [2.45, 2.75) is 11.8 Å². The van der Waals surface area contributed by atoms with E-state index in [1.165, 1.54) is 6.26 Å². The summed E-state index contributed by atoms with van der Waals surface area (Å²) in [5.74, 6) is 0.831. The van der Waals surface area contributed by atoms with Crippen LogP contribution in [0.5, 0.6) is 0 Å². The van der Waals surface area contributed by atoms with Gasteiger partial charge in [-0.2, -0.15) is 4.90 Å². The second kappa shape index (κ2) is 6.03. The van der Waals surface area contributed by atoms with E-state index < -0.39 is 9.84 Å². The molecule has 0 amide bonds. The average molecular weight is 329 g/mol. The first kappa shape index (κ1) is 17.5. The van der Waals surface area contributed by atoms with E-state index in [1.807, 2.05) is 11.8 Å². The molecule has 0 aliphatic carbocycles. The van der Waals surface area contributed by atoms with E-state index >= 15 is 0 Å². The molecule has 1 aliphatic rings. The molecule has 1 aliphatic heterocycles. The minimum Gasteiger partial charge on any atom is -0.778 e. The Labute approximate surface area is 146 Å². The van der Waals surface area contributed by atoms with E-state index in [2.05, 4.69) is 4.98 Å². The number of pyridine rings is 1. The molecule has 0 spiro atoms. The molecule has 1 fully saturated rings. The van der Waals surface area contributed by atoms with Crippen LogP contribution < -0.4 is 34.5 Å². The van der Waals surface area contributed by atoms with Crippen molar-refractivity contribution < 1.29 is 38.0 Å². The maximum absolute atomic E-state index is 11.3. The van der Waals surface area contributed by atoms with E-state index in [1.54, 1.807) is 12.3 Å². The van der Waals surface area contributed by atoms with Gasteiger partial charge in [-0.25, -0.2) is 13.4 Å². The number of anilines is 1. The van der Waals surface area contributed by atoms with Crippen LogP contribution in [-0.2, 0) is 22.5 Å². The third-order valence-corrected chi connectivity index (χ3v) is 4.94. The van der Waals surface area contributed by atoms with Gasteiger partial charge < -0.3 is 17.5 Å². The Kier molecular flexibility index (Phi) is 5.55. The fourth-order valence-electron chi connectivity index (χ4n) is 2.39. The molecule has 1 aromatic rings. The van der Waals surface area contributed by atoms with Crippen molar-refractivity contribution in [2.24, 2.45) is 5.41 Å². The van der Waals surface area contributed by atoms with E-state index in [9.17, 15) is 8.42 Å². The predicted octanol–water partition coefficient (Wildman–Crippen LogP) is -1.48. The third-order valence-electron chi connectivity index (χ3n) is 2.89. The van der Waals surface area contributed by atoms with Crippen LogP contribution >= 0.6 is 11.6 Å². The summed E-state index contributed by atoms with van der Waals surface area (Å²) in [6, 6.07) is 1.68. The monoisotopic (exact) mass is 328 g/mol. The Bertz CT molecular complexity index is 574. The minimum atomic E-state index is -2.97. The van der Waals surface area contributed by atoms with Gasteiger partial charge in [-0.1, -0.05) is 24.6 Å². The second-order valence-corrected chi connectivity index (χ2v) is 8.14. The summed E-state index contributed by atoms with van der Waals surface area (Å²) in [5, 5.41) is 0.467. The van der Waals surface area contributed by atoms with Gasteiger partial charge in [0.25, 0.3) is 0 Å². The minimum absolute atomic E-state index is 0. The normalized spacial score (nSPS) is 17.5. The molecule has 2 heterocycles. The van der Waals surface area contributed by atoms with Gasteiger partial charge in [0.1, 0.15) is 15.7 Å². The maximum Gasteiger partial charge on any atom is 1.00 e. The summed E-state index contributed by atoms with van der Waals surface area (Å²) in [7, 11) is -2.97. The molecule has 1 aromatic heterocycles. The molecule has 1 saturated heterocycles. The number of aromatic nitrogens is 1. The number of rotatable bonds is 3. The molecule has 8 heteroatoms. The van der Waals surface area contributed by atoms with Crippen LogP contribution in [-0.4, -0.2) is 38.5 Å².